The molecule has 7 nitrogen and oxygen atoms in total. The Labute approximate surface area is 158 Å². The van der Waals surface area contributed by atoms with Gasteiger partial charge in [-0.2, -0.15) is 5.26 Å². The number of aromatic nitrogens is 5. The van der Waals surface area contributed by atoms with Gasteiger partial charge < -0.3 is 4.90 Å². The third kappa shape index (κ3) is 2.60. The van der Waals surface area contributed by atoms with Gasteiger partial charge in [0, 0.05) is 11.5 Å². The second-order valence-electron chi connectivity index (χ2n) is 8.17. The third-order valence-corrected chi connectivity index (χ3v) is 4.96. The highest BCUT2D eigenvalue weighted by atomic mass is 15.4. The number of hydrogen-bond acceptors (Lipinski definition) is 5. The van der Waals surface area contributed by atoms with Crippen LogP contribution in [0.3, 0.4) is 0 Å². The van der Waals surface area contributed by atoms with Crippen LogP contribution in [0, 0.1) is 11.5 Å². The lowest BCUT2D eigenvalue weighted by Crippen LogP contribution is -2.35. The van der Waals surface area contributed by atoms with Crippen molar-refractivity contribution in [3.63, 3.8) is 0 Å². The van der Waals surface area contributed by atoms with E-state index < -0.39 is 0 Å². The summed E-state index contributed by atoms with van der Waals surface area (Å²) in [6.07, 6.45) is 3.95. The Kier molecular flexibility index (Phi) is 3.81. The Morgan fingerprint density at radius 2 is 1.81 bits per heavy atom. The Morgan fingerprint density at radius 1 is 1.11 bits per heavy atom. The van der Waals surface area contributed by atoms with E-state index in [0.717, 1.165) is 29.3 Å². The zero-order chi connectivity index (χ0) is 19.3. The van der Waals surface area contributed by atoms with Crippen LogP contribution in [-0.4, -0.2) is 30.6 Å². The lowest BCUT2D eigenvalue weighted by molar-refractivity contribution is 0.546. The Balaban J connectivity index is 1.94. The summed E-state index contributed by atoms with van der Waals surface area (Å²) in [7, 11) is 0. The Hall–Kier alpha value is -3.14. The van der Waals surface area contributed by atoms with Crippen LogP contribution in [0.2, 0.25) is 0 Å². The first kappa shape index (κ1) is 17.3. The summed E-state index contributed by atoms with van der Waals surface area (Å²) in [5, 5.41) is 17.8. The highest BCUT2D eigenvalue weighted by Crippen LogP contribution is 2.38. The summed E-state index contributed by atoms with van der Waals surface area (Å²) < 4.78 is 3.43. The second kappa shape index (κ2) is 5.95. The van der Waals surface area contributed by atoms with Crippen LogP contribution in [-0.2, 0) is 12.0 Å². The van der Waals surface area contributed by atoms with Crippen molar-refractivity contribution >= 4 is 5.69 Å². The molecule has 2 aromatic heterocycles. The number of nitrogens with zero attached hydrogens (tertiary/aromatic N) is 7. The molecule has 1 aromatic carbocycles. The summed E-state index contributed by atoms with van der Waals surface area (Å²) in [6, 6.07) is 8.70. The first-order valence-electron chi connectivity index (χ1n) is 9.12. The molecule has 138 valence electrons. The summed E-state index contributed by atoms with van der Waals surface area (Å²) in [4.78, 5) is 7.06. The molecule has 0 unspecified atom stereocenters. The minimum Gasteiger partial charge on any atom is -0.361 e. The molecule has 0 radical (unpaired) electrons. The van der Waals surface area contributed by atoms with Gasteiger partial charge in [0.15, 0.2) is 0 Å². The van der Waals surface area contributed by atoms with Crippen molar-refractivity contribution in [2.24, 2.45) is 0 Å². The van der Waals surface area contributed by atoms with E-state index in [4.69, 9.17) is 4.98 Å². The molecule has 0 saturated carbocycles. The molecule has 1 aliphatic rings. The molecule has 0 bridgehead atoms. The van der Waals surface area contributed by atoms with E-state index >= 15 is 0 Å². The number of imidazole rings is 1. The number of rotatable bonds is 2. The molecule has 3 heterocycles. The van der Waals surface area contributed by atoms with E-state index in [0.29, 0.717) is 11.7 Å². The molecule has 1 aliphatic heterocycles. The highest BCUT2D eigenvalue weighted by Gasteiger charge is 2.32. The minimum atomic E-state index is -0.282. The molecule has 0 atom stereocenters. The van der Waals surface area contributed by atoms with E-state index in [1.54, 1.807) is 0 Å². The van der Waals surface area contributed by atoms with E-state index in [2.05, 4.69) is 78.8 Å². The first-order chi connectivity index (χ1) is 12.8. The van der Waals surface area contributed by atoms with Gasteiger partial charge >= 0.3 is 0 Å². The van der Waals surface area contributed by atoms with Crippen LogP contribution in [0.5, 0.6) is 0 Å². The summed E-state index contributed by atoms with van der Waals surface area (Å²) >= 11 is 0. The van der Waals surface area contributed by atoms with Gasteiger partial charge in [-0.1, -0.05) is 38.1 Å². The molecule has 3 aromatic rings. The van der Waals surface area contributed by atoms with Crippen molar-refractivity contribution in [2.45, 2.75) is 52.6 Å². The van der Waals surface area contributed by atoms with Crippen LogP contribution in [0.1, 0.15) is 46.0 Å². The number of anilines is 1. The largest absolute Gasteiger partial charge is 0.361 e. The Bertz CT molecular complexity index is 1040. The first-order valence-corrected chi connectivity index (χ1v) is 9.12. The fourth-order valence-corrected chi connectivity index (χ4v) is 3.73. The smallest absolute Gasteiger partial charge is 0.208 e. The van der Waals surface area contributed by atoms with Crippen LogP contribution in [0.25, 0.3) is 17.1 Å². The van der Waals surface area contributed by atoms with Crippen LogP contribution in [0.4, 0.5) is 5.69 Å². The molecule has 27 heavy (non-hydrogen) atoms. The monoisotopic (exact) mass is 361 g/mol. The number of fused-ring (bicyclic) bond motifs is 3. The number of para-hydroxylation sites is 2. The SMILES string of the molecule is CC(C)N1Cc2c(-c3nnn(C#N)c3C(C)(C)C)ncn2-c2ccccc21. The maximum absolute atomic E-state index is 9.45. The van der Waals surface area contributed by atoms with Gasteiger partial charge in [0.05, 0.1) is 29.3 Å². The summed E-state index contributed by atoms with van der Waals surface area (Å²) in [5.74, 6) is 0. The number of benzene rings is 1. The van der Waals surface area contributed by atoms with Gasteiger partial charge in [-0.3, -0.25) is 4.57 Å². The van der Waals surface area contributed by atoms with Crippen LogP contribution < -0.4 is 4.90 Å². The fourth-order valence-electron chi connectivity index (χ4n) is 3.73. The van der Waals surface area contributed by atoms with Crippen molar-refractivity contribution in [3.05, 3.63) is 42.0 Å². The second-order valence-corrected chi connectivity index (χ2v) is 8.17. The minimum absolute atomic E-state index is 0.282. The molecule has 0 amide bonds. The lowest BCUT2D eigenvalue weighted by Gasteiger charge is -2.35. The molecular formula is C20H23N7. The molecule has 0 N–H and O–H groups in total. The molecule has 4 rings (SSSR count). The van der Waals surface area contributed by atoms with Crippen molar-refractivity contribution in [1.29, 1.82) is 5.26 Å². The van der Waals surface area contributed by atoms with Crippen LogP contribution in [0.15, 0.2) is 30.6 Å². The van der Waals surface area contributed by atoms with Crippen molar-refractivity contribution < 1.29 is 0 Å². The van der Waals surface area contributed by atoms with Gasteiger partial charge in [0.25, 0.3) is 0 Å². The zero-order valence-corrected chi connectivity index (χ0v) is 16.3. The lowest BCUT2D eigenvalue weighted by atomic mass is 9.89. The summed E-state index contributed by atoms with van der Waals surface area (Å²) in [5.41, 5.74) is 5.34. The molecule has 0 fully saturated rings. The maximum Gasteiger partial charge on any atom is 0.208 e. The molecule has 0 saturated heterocycles. The average molecular weight is 361 g/mol. The van der Waals surface area contributed by atoms with E-state index in [1.165, 1.54) is 10.4 Å². The van der Waals surface area contributed by atoms with Crippen LogP contribution >= 0.6 is 0 Å². The average Bonchev–Trinajstić information content (AvgIpc) is 3.24. The van der Waals surface area contributed by atoms with Gasteiger partial charge in [0.1, 0.15) is 17.7 Å². The van der Waals surface area contributed by atoms with Crippen molar-refractivity contribution in [3.8, 4) is 23.3 Å². The van der Waals surface area contributed by atoms with Gasteiger partial charge in [-0.15, -0.1) is 9.78 Å². The van der Waals surface area contributed by atoms with Gasteiger partial charge in [-0.25, -0.2) is 4.98 Å². The highest BCUT2D eigenvalue weighted by molar-refractivity contribution is 5.71. The van der Waals surface area contributed by atoms with E-state index in [-0.39, 0.29) is 5.41 Å². The standard InChI is InChI=1S/C20H23N7/c1-13(2)25-10-16-17(18-19(20(3,4)5)27(11-21)24-23-18)22-12-26(16)15-9-7-6-8-14(15)25/h6-9,12-13H,10H2,1-5H3. The quantitative estimate of drug-likeness (QED) is 0.698. The molecule has 0 spiro atoms. The molecule has 0 aliphatic carbocycles. The van der Waals surface area contributed by atoms with E-state index in [1.807, 2.05) is 12.4 Å². The van der Waals surface area contributed by atoms with Gasteiger partial charge in [-0.05, 0) is 26.0 Å². The van der Waals surface area contributed by atoms with Gasteiger partial charge in [0.2, 0.25) is 6.19 Å². The predicted octanol–water partition coefficient (Wildman–Crippen LogP) is 3.49. The normalized spacial score (nSPS) is 13.4. The topological polar surface area (TPSA) is 75.6 Å². The van der Waals surface area contributed by atoms with Crippen molar-refractivity contribution in [1.82, 2.24) is 24.5 Å². The summed E-state index contributed by atoms with van der Waals surface area (Å²) in [6.45, 7) is 11.3. The fraction of sp³-hybridized carbons (Fsp3) is 0.400. The molecular weight excluding hydrogens is 338 g/mol. The number of nitriles is 1. The Morgan fingerprint density at radius 3 is 2.44 bits per heavy atom. The number of hydrogen-bond donors (Lipinski definition) is 0. The molecule has 7 heteroatoms. The van der Waals surface area contributed by atoms with Crippen molar-refractivity contribution in [2.75, 3.05) is 4.90 Å². The zero-order valence-electron chi connectivity index (χ0n) is 16.3. The third-order valence-electron chi connectivity index (χ3n) is 4.96. The predicted molar refractivity (Wildman–Crippen MR) is 104 cm³/mol. The van der Waals surface area contributed by atoms with E-state index in [9.17, 15) is 5.26 Å². The maximum atomic E-state index is 9.45.